The molecule has 2 N–H and O–H groups in total. The van der Waals surface area contributed by atoms with E-state index in [4.69, 9.17) is 0 Å². The highest BCUT2D eigenvalue weighted by Gasteiger charge is 2.24. The van der Waals surface area contributed by atoms with Crippen molar-refractivity contribution in [1.82, 2.24) is 15.3 Å². The number of carbonyl (C=O) groups excluding carboxylic acids is 1. The van der Waals surface area contributed by atoms with Gasteiger partial charge in [-0.25, -0.2) is 9.97 Å². The lowest BCUT2D eigenvalue weighted by molar-refractivity contribution is -0.119. The number of rotatable bonds is 4. The standard InChI is InChI=1S/C12H19N5OS/c1-8(18)14-9-4-5-17(7-9)11-6-10(13-2)15-12(16-11)19-3/h6,9H,4-5,7H2,1-3H3,(H,14,18)(H,13,15,16). The maximum absolute atomic E-state index is 11.1. The number of aromatic nitrogens is 2. The van der Waals surface area contributed by atoms with Crippen molar-refractivity contribution in [3.8, 4) is 0 Å². The SMILES string of the molecule is CNc1cc(N2CCC(NC(C)=O)C2)nc(SC)n1. The Hall–Kier alpha value is -1.50. The van der Waals surface area contributed by atoms with Crippen molar-refractivity contribution in [2.45, 2.75) is 24.5 Å². The average molecular weight is 281 g/mol. The number of thioether (sulfide) groups is 1. The number of nitrogens with zero attached hydrogens (tertiary/aromatic N) is 3. The van der Waals surface area contributed by atoms with E-state index < -0.39 is 0 Å². The molecule has 0 aromatic carbocycles. The van der Waals surface area contributed by atoms with Crippen LogP contribution < -0.4 is 15.5 Å². The van der Waals surface area contributed by atoms with E-state index in [-0.39, 0.29) is 11.9 Å². The van der Waals surface area contributed by atoms with E-state index in [1.807, 2.05) is 19.4 Å². The topological polar surface area (TPSA) is 70.2 Å². The number of carbonyl (C=O) groups is 1. The van der Waals surface area contributed by atoms with Gasteiger partial charge in [-0.2, -0.15) is 0 Å². The van der Waals surface area contributed by atoms with E-state index in [9.17, 15) is 4.79 Å². The highest BCUT2D eigenvalue weighted by molar-refractivity contribution is 7.98. The maximum Gasteiger partial charge on any atom is 0.217 e. The fraction of sp³-hybridized carbons (Fsp3) is 0.583. The van der Waals surface area contributed by atoms with Gasteiger partial charge in [0.25, 0.3) is 0 Å². The number of anilines is 2. The first kappa shape index (κ1) is 13.9. The van der Waals surface area contributed by atoms with Gasteiger partial charge >= 0.3 is 0 Å². The van der Waals surface area contributed by atoms with Crippen molar-refractivity contribution >= 4 is 29.3 Å². The molecule has 0 aliphatic carbocycles. The fourth-order valence-electron chi connectivity index (χ4n) is 2.17. The lowest BCUT2D eigenvalue weighted by Crippen LogP contribution is -2.35. The summed E-state index contributed by atoms with van der Waals surface area (Å²) in [7, 11) is 1.85. The van der Waals surface area contributed by atoms with E-state index >= 15 is 0 Å². The number of hydrogen-bond donors (Lipinski definition) is 2. The second-order valence-corrected chi connectivity index (χ2v) is 5.25. The minimum atomic E-state index is 0.0234. The van der Waals surface area contributed by atoms with Crippen LogP contribution in [0.3, 0.4) is 0 Å². The Balaban J connectivity index is 2.12. The highest BCUT2D eigenvalue weighted by Crippen LogP contribution is 2.23. The molecule has 1 aliphatic rings. The summed E-state index contributed by atoms with van der Waals surface area (Å²) < 4.78 is 0. The quantitative estimate of drug-likeness (QED) is 0.633. The summed E-state index contributed by atoms with van der Waals surface area (Å²) in [5, 5.41) is 6.76. The van der Waals surface area contributed by atoms with Crippen molar-refractivity contribution in [3.63, 3.8) is 0 Å². The average Bonchev–Trinajstić information content (AvgIpc) is 2.85. The third kappa shape index (κ3) is 3.50. The molecule has 1 unspecified atom stereocenters. The molecule has 1 atom stereocenters. The predicted molar refractivity (Wildman–Crippen MR) is 77.8 cm³/mol. The van der Waals surface area contributed by atoms with Gasteiger partial charge in [0.2, 0.25) is 5.91 Å². The molecule has 19 heavy (non-hydrogen) atoms. The van der Waals surface area contributed by atoms with Crippen molar-refractivity contribution < 1.29 is 4.79 Å². The van der Waals surface area contributed by atoms with Gasteiger partial charge in [0, 0.05) is 39.2 Å². The monoisotopic (exact) mass is 281 g/mol. The van der Waals surface area contributed by atoms with Crippen LogP contribution in [0.25, 0.3) is 0 Å². The molecular formula is C12H19N5OS. The van der Waals surface area contributed by atoms with Crippen LogP contribution in [-0.4, -0.2) is 48.3 Å². The molecule has 1 saturated heterocycles. The second-order valence-electron chi connectivity index (χ2n) is 4.48. The molecule has 0 bridgehead atoms. The first-order chi connectivity index (χ1) is 9.12. The Morgan fingerprint density at radius 2 is 2.32 bits per heavy atom. The lowest BCUT2D eigenvalue weighted by Gasteiger charge is -2.18. The first-order valence-electron chi connectivity index (χ1n) is 6.25. The van der Waals surface area contributed by atoms with E-state index in [0.29, 0.717) is 0 Å². The van der Waals surface area contributed by atoms with Crippen LogP contribution in [0.1, 0.15) is 13.3 Å². The molecule has 0 spiro atoms. The van der Waals surface area contributed by atoms with Crippen molar-refractivity contribution in [2.75, 3.05) is 36.6 Å². The zero-order valence-corrected chi connectivity index (χ0v) is 12.3. The van der Waals surface area contributed by atoms with Gasteiger partial charge < -0.3 is 15.5 Å². The van der Waals surface area contributed by atoms with Gasteiger partial charge in [-0.1, -0.05) is 11.8 Å². The lowest BCUT2D eigenvalue weighted by atomic mass is 10.3. The summed E-state index contributed by atoms with van der Waals surface area (Å²) in [4.78, 5) is 22.1. The Bertz CT molecular complexity index is 445. The van der Waals surface area contributed by atoms with Crippen LogP contribution in [-0.2, 0) is 4.79 Å². The Morgan fingerprint density at radius 3 is 2.95 bits per heavy atom. The van der Waals surface area contributed by atoms with E-state index in [1.54, 1.807) is 6.92 Å². The number of hydrogen-bond acceptors (Lipinski definition) is 6. The van der Waals surface area contributed by atoms with Gasteiger partial charge in [0.15, 0.2) is 5.16 Å². The molecule has 1 aliphatic heterocycles. The zero-order valence-electron chi connectivity index (χ0n) is 11.4. The summed E-state index contributed by atoms with van der Waals surface area (Å²) in [5.41, 5.74) is 0. The first-order valence-corrected chi connectivity index (χ1v) is 7.47. The molecule has 1 aromatic rings. The van der Waals surface area contributed by atoms with Gasteiger partial charge in [0.1, 0.15) is 11.6 Å². The summed E-state index contributed by atoms with van der Waals surface area (Å²) in [6.45, 7) is 3.25. The Labute approximate surface area is 117 Å². The highest BCUT2D eigenvalue weighted by atomic mass is 32.2. The van der Waals surface area contributed by atoms with E-state index in [0.717, 1.165) is 36.3 Å². The molecule has 6 nitrogen and oxygen atoms in total. The second kappa shape index (κ2) is 6.10. The van der Waals surface area contributed by atoms with Gasteiger partial charge in [-0.3, -0.25) is 4.79 Å². The molecule has 104 valence electrons. The summed E-state index contributed by atoms with van der Waals surface area (Å²) in [6.07, 6.45) is 2.91. The Kier molecular flexibility index (Phi) is 4.47. The zero-order chi connectivity index (χ0) is 13.8. The molecule has 1 aromatic heterocycles. The van der Waals surface area contributed by atoms with Crippen LogP contribution >= 0.6 is 11.8 Å². The molecule has 0 saturated carbocycles. The molecule has 1 fully saturated rings. The molecular weight excluding hydrogens is 262 g/mol. The van der Waals surface area contributed by atoms with Crippen LogP contribution in [0.2, 0.25) is 0 Å². The summed E-state index contributed by atoms with van der Waals surface area (Å²) in [5.74, 6) is 1.75. The van der Waals surface area contributed by atoms with Crippen LogP contribution in [0.4, 0.5) is 11.6 Å². The van der Waals surface area contributed by atoms with Gasteiger partial charge in [0.05, 0.1) is 0 Å². The minimum Gasteiger partial charge on any atom is -0.373 e. The maximum atomic E-state index is 11.1. The van der Waals surface area contributed by atoms with Crippen LogP contribution in [0, 0.1) is 0 Å². The third-order valence-corrected chi connectivity index (χ3v) is 3.60. The van der Waals surface area contributed by atoms with E-state index in [1.165, 1.54) is 11.8 Å². The molecule has 7 heteroatoms. The van der Waals surface area contributed by atoms with Crippen molar-refractivity contribution in [3.05, 3.63) is 6.07 Å². The normalized spacial score (nSPS) is 18.5. The summed E-state index contributed by atoms with van der Waals surface area (Å²) in [6, 6.07) is 2.15. The van der Waals surface area contributed by atoms with Crippen molar-refractivity contribution in [1.29, 1.82) is 0 Å². The number of nitrogens with one attached hydrogen (secondary N) is 2. The van der Waals surface area contributed by atoms with Gasteiger partial charge in [-0.05, 0) is 12.7 Å². The fourth-order valence-corrected chi connectivity index (χ4v) is 2.54. The minimum absolute atomic E-state index is 0.0234. The molecule has 2 rings (SSSR count). The number of amides is 1. The molecule has 0 radical (unpaired) electrons. The molecule has 1 amide bonds. The van der Waals surface area contributed by atoms with Crippen molar-refractivity contribution in [2.24, 2.45) is 0 Å². The smallest absolute Gasteiger partial charge is 0.217 e. The van der Waals surface area contributed by atoms with E-state index in [2.05, 4.69) is 25.5 Å². The van der Waals surface area contributed by atoms with Gasteiger partial charge in [-0.15, -0.1) is 0 Å². The largest absolute Gasteiger partial charge is 0.373 e. The van der Waals surface area contributed by atoms with Crippen LogP contribution in [0.15, 0.2) is 11.2 Å². The predicted octanol–water partition coefficient (Wildman–Crippen LogP) is 0.955. The summed E-state index contributed by atoms with van der Waals surface area (Å²) >= 11 is 1.52. The van der Waals surface area contributed by atoms with Crippen LogP contribution in [0.5, 0.6) is 0 Å². The Morgan fingerprint density at radius 1 is 1.53 bits per heavy atom. The third-order valence-electron chi connectivity index (χ3n) is 3.05. The molecule has 2 heterocycles.